The van der Waals surface area contributed by atoms with Gasteiger partial charge < -0.3 is 16.0 Å². The molecule has 1 rings (SSSR count). The van der Waals surface area contributed by atoms with Gasteiger partial charge in [0, 0.05) is 20.1 Å². The number of aromatic nitrogens is 2. The van der Waals surface area contributed by atoms with Crippen molar-refractivity contribution in [1.29, 1.82) is 0 Å². The first-order chi connectivity index (χ1) is 9.40. The van der Waals surface area contributed by atoms with Crippen LogP contribution in [-0.4, -0.2) is 41.2 Å². The minimum absolute atomic E-state index is 0.227. The molecule has 0 atom stereocenters. The number of nitrogen functional groups attached to an aromatic ring is 1. The topological polar surface area (TPSA) is 85.3 Å². The number of hydrogen-bond donors (Lipinski definition) is 2. The van der Waals surface area contributed by atoms with Gasteiger partial charge in [-0.3, -0.25) is 13.9 Å². The highest BCUT2D eigenvalue weighted by molar-refractivity contribution is 5.60. The Labute approximate surface area is 119 Å². The molecule has 0 spiro atoms. The van der Waals surface area contributed by atoms with E-state index in [1.54, 1.807) is 0 Å². The molecule has 1 heterocycles. The highest BCUT2D eigenvalue weighted by Gasteiger charge is 2.14. The molecule has 0 aliphatic carbocycles. The van der Waals surface area contributed by atoms with Crippen LogP contribution in [0.15, 0.2) is 9.59 Å². The molecular formula is C13H25N5O2. The molecule has 0 bridgehead atoms. The van der Waals surface area contributed by atoms with Crippen molar-refractivity contribution in [1.82, 2.24) is 14.0 Å². The van der Waals surface area contributed by atoms with Crippen LogP contribution in [-0.2, 0) is 13.6 Å². The lowest BCUT2D eigenvalue weighted by molar-refractivity contribution is 0.405. The van der Waals surface area contributed by atoms with Crippen LogP contribution in [0.2, 0.25) is 0 Å². The van der Waals surface area contributed by atoms with Crippen molar-refractivity contribution in [3.05, 3.63) is 20.8 Å². The molecule has 7 nitrogen and oxygen atoms in total. The SMILES string of the molecule is CCCn1c(N)c(NCCCN(C)C)c(=O)n(C)c1=O. The first-order valence-corrected chi connectivity index (χ1v) is 6.88. The predicted octanol–water partition coefficient (Wildman–Crippen LogP) is -0.0972. The molecule has 7 heteroatoms. The maximum Gasteiger partial charge on any atom is 0.332 e. The van der Waals surface area contributed by atoms with E-state index in [0.717, 1.165) is 24.0 Å². The molecule has 3 N–H and O–H groups in total. The molecule has 0 amide bonds. The van der Waals surface area contributed by atoms with Gasteiger partial charge in [0.05, 0.1) is 0 Å². The van der Waals surface area contributed by atoms with Crippen LogP contribution in [0.3, 0.4) is 0 Å². The quantitative estimate of drug-likeness (QED) is 0.683. The second-order valence-electron chi connectivity index (χ2n) is 5.14. The molecule has 0 fully saturated rings. The van der Waals surface area contributed by atoms with E-state index in [2.05, 4.69) is 10.2 Å². The highest BCUT2D eigenvalue weighted by atomic mass is 16.2. The number of nitrogens with two attached hydrogens (primary N) is 1. The third kappa shape index (κ3) is 3.63. The second kappa shape index (κ2) is 7.14. The Balaban J connectivity index is 3.01. The van der Waals surface area contributed by atoms with Crippen LogP contribution in [0.4, 0.5) is 11.5 Å². The van der Waals surface area contributed by atoms with Crippen LogP contribution < -0.4 is 22.3 Å². The largest absolute Gasteiger partial charge is 0.383 e. The zero-order valence-corrected chi connectivity index (χ0v) is 12.8. The molecule has 0 saturated carbocycles. The summed E-state index contributed by atoms with van der Waals surface area (Å²) < 4.78 is 2.54. The van der Waals surface area contributed by atoms with Crippen molar-refractivity contribution in [2.24, 2.45) is 7.05 Å². The zero-order chi connectivity index (χ0) is 15.3. The Morgan fingerprint density at radius 1 is 1.30 bits per heavy atom. The number of nitrogens with zero attached hydrogens (tertiary/aromatic N) is 3. The maximum absolute atomic E-state index is 12.1. The average molecular weight is 283 g/mol. The van der Waals surface area contributed by atoms with Crippen molar-refractivity contribution in [2.45, 2.75) is 26.3 Å². The lowest BCUT2D eigenvalue weighted by Gasteiger charge is -2.16. The summed E-state index contributed by atoms with van der Waals surface area (Å²) in [5.41, 5.74) is 5.54. The molecule has 0 aliphatic rings. The third-order valence-corrected chi connectivity index (χ3v) is 3.11. The van der Waals surface area contributed by atoms with Gasteiger partial charge in [-0.05, 0) is 33.5 Å². The van der Waals surface area contributed by atoms with Crippen LogP contribution in [0.25, 0.3) is 0 Å². The highest BCUT2D eigenvalue weighted by Crippen LogP contribution is 2.10. The van der Waals surface area contributed by atoms with Gasteiger partial charge in [0.15, 0.2) is 0 Å². The molecule has 0 radical (unpaired) electrons. The third-order valence-electron chi connectivity index (χ3n) is 3.11. The van der Waals surface area contributed by atoms with Crippen LogP contribution in [0, 0.1) is 0 Å². The summed E-state index contributed by atoms with van der Waals surface area (Å²) >= 11 is 0. The van der Waals surface area contributed by atoms with E-state index in [-0.39, 0.29) is 17.1 Å². The number of hydrogen-bond acceptors (Lipinski definition) is 5. The summed E-state index contributed by atoms with van der Waals surface area (Å²) in [6, 6.07) is 0. The van der Waals surface area contributed by atoms with Gasteiger partial charge in [-0.25, -0.2) is 4.79 Å². The Hall–Kier alpha value is -1.76. The molecule has 0 aromatic carbocycles. The summed E-state index contributed by atoms with van der Waals surface area (Å²) in [7, 11) is 5.46. The Bertz CT molecular complexity index is 559. The van der Waals surface area contributed by atoms with Crippen molar-refractivity contribution < 1.29 is 0 Å². The van der Waals surface area contributed by atoms with E-state index in [0.29, 0.717) is 18.8 Å². The number of nitrogens with one attached hydrogen (secondary N) is 1. The van der Waals surface area contributed by atoms with E-state index in [1.807, 2.05) is 21.0 Å². The van der Waals surface area contributed by atoms with Crippen LogP contribution in [0.1, 0.15) is 19.8 Å². The molecule has 20 heavy (non-hydrogen) atoms. The van der Waals surface area contributed by atoms with Crippen LogP contribution >= 0.6 is 0 Å². The summed E-state index contributed by atoms with van der Waals surface area (Å²) in [5.74, 6) is 0.227. The Kier molecular flexibility index (Phi) is 5.82. The molecule has 1 aromatic heterocycles. The summed E-state index contributed by atoms with van der Waals surface area (Å²) in [4.78, 5) is 26.1. The van der Waals surface area contributed by atoms with Gasteiger partial charge in [-0.2, -0.15) is 0 Å². The molecule has 114 valence electrons. The summed E-state index contributed by atoms with van der Waals surface area (Å²) in [6.07, 6.45) is 1.67. The molecule has 0 aliphatic heterocycles. The van der Waals surface area contributed by atoms with Gasteiger partial charge >= 0.3 is 5.69 Å². The van der Waals surface area contributed by atoms with E-state index in [9.17, 15) is 9.59 Å². The van der Waals surface area contributed by atoms with Crippen molar-refractivity contribution in [3.63, 3.8) is 0 Å². The Morgan fingerprint density at radius 3 is 2.50 bits per heavy atom. The Morgan fingerprint density at radius 2 is 1.95 bits per heavy atom. The molecule has 0 saturated heterocycles. The number of anilines is 2. The fraction of sp³-hybridized carbons (Fsp3) is 0.692. The zero-order valence-electron chi connectivity index (χ0n) is 12.8. The molecule has 1 aromatic rings. The summed E-state index contributed by atoms with van der Waals surface area (Å²) in [6.45, 7) is 4.02. The van der Waals surface area contributed by atoms with E-state index >= 15 is 0 Å². The van der Waals surface area contributed by atoms with Gasteiger partial charge in [-0.15, -0.1) is 0 Å². The number of rotatable bonds is 7. The lowest BCUT2D eigenvalue weighted by Crippen LogP contribution is -2.41. The van der Waals surface area contributed by atoms with E-state index in [1.165, 1.54) is 11.6 Å². The first-order valence-electron chi connectivity index (χ1n) is 6.88. The second-order valence-corrected chi connectivity index (χ2v) is 5.14. The van der Waals surface area contributed by atoms with Crippen molar-refractivity contribution in [2.75, 3.05) is 38.2 Å². The van der Waals surface area contributed by atoms with E-state index < -0.39 is 0 Å². The average Bonchev–Trinajstić information content (AvgIpc) is 2.40. The van der Waals surface area contributed by atoms with Crippen LogP contribution in [0.5, 0.6) is 0 Å². The predicted molar refractivity (Wildman–Crippen MR) is 82.3 cm³/mol. The van der Waals surface area contributed by atoms with Gasteiger partial charge in [0.1, 0.15) is 11.5 Å². The lowest BCUT2D eigenvalue weighted by atomic mass is 10.3. The van der Waals surface area contributed by atoms with Gasteiger partial charge in [0.25, 0.3) is 5.56 Å². The minimum atomic E-state index is -0.371. The smallest absolute Gasteiger partial charge is 0.332 e. The van der Waals surface area contributed by atoms with Gasteiger partial charge in [-0.1, -0.05) is 6.92 Å². The fourth-order valence-electron chi connectivity index (χ4n) is 2.00. The van der Waals surface area contributed by atoms with E-state index in [4.69, 9.17) is 5.73 Å². The first kappa shape index (κ1) is 16.3. The van der Waals surface area contributed by atoms with Gasteiger partial charge in [0.2, 0.25) is 0 Å². The van der Waals surface area contributed by atoms with Crippen molar-refractivity contribution >= 4 is 11.5 Å². The summed E-state index contributed by atoms with van der Waals surface area (Å²) in [5, 5.41) is 3.06. The monoisotopic (exact) mass is 283 g/mol. The molecular weight excluding hydrogens is 258 g/mol. The fourth-order valence-corrected chi connectivity index (χ4v) is 2.00. The minimum Gasteiger partial charge on any atom is -0.383 e. The standard InChI is InChI=1S/C13H25N5O2/c1-5-8-18-11(14)10(12(19)17(4)13(18)20)15-7-6-9-16(2)3/h15H,5-9,14H2,1-4H3. The normalized spacial score (nSPS) is 11.1. The maximum atomic E-state index is 12.1. The molecule has 0 unspecified atom stereocenters. The van der Waals surface area contributed by atoms with Crippen molar-refractivity contribution in [3.8, 4) is 0 Å².